The van der Waals surface area contributed by atoms with Crippen molar-refractivity contribution in [3.63, 3.8) is 0 Å². The van der Waals surface area contributed by atoms with Gasteiger partial charge in [-0.2, -0.15) is 0 Å². The Morgan fingerprint density at radius 1 is 1.32 bits per heavy atom. The number of nitrogens with one attached hydrogen (secondary N) is 2. The van der Waals surface area contributed by atoms with E-state index in [0.29, 0.717) is 31.2 Å². The summed E-state index contributed by atoms with van der Waals surface area (Å²) in [6.07, 6.45) is 0.946. The van der Waals surface area contributed by atoms with Crippen LogP contribution in [0.25, 0.3) is 0 Å². The molecule has 25 heavy (non-hydrogen) atoms. The van der Waals surface area contributed by atoms with Crippen molar-refractivity contribution in [2.75, 3.05) is 25.5 Å². The number of thiazole rings is 1. The van der Waals surface area contributed by atoms with Crippen molar-refractivity contribution in [3.05, 3.63) is 46.5 Å². The number of hydrogen-bond donors (Lipinski definition) is 2. The molecule has 1 aromatic carbocycles. The summed E-state index contributed by atoms with van der Waals surface area (Å²) in [5, 5.41) is 6.04. The monoisotopic (exact) mass is 360 g/mol. The minimum atomic E-state index is -0.540. The average molecular weight is 360 g/mol. The first-order chi connectivity index (χ1) is 12.2. The maximum Gasteiger partial charge on any atom is 0.413 e. The normalized spacial score (nSPS) is 13.1. The Morgan fingerprint density at radius 3 is 2.88 bits per heavy atom. The molecule has 2 N–H and O–H groups in total. The lowest BCUT2D eigenvalue weighted by Crippen LogP contribution is -2.43. The van der Waals surface area contributed by atoms with Gasteiger partial charge in [-0.1, -0.05) is 41.7 Å². The van der Waals surface area contributed by atoms with Gasteiger partial charge in [-0.05, 0) is 12.0 Å². The van der Waals surface area contributed by atoms with Gasteiger partial charge in [0.1, 0.15) is 0 Å². The number of rotatable bonds is 4. The molecule has 0 radical (unpaired) electrons. The van der Waals surface area contributed by atoms with Gasteiger partial charge in [-0.15, -0.1) is 0 Å². The van der Waals surface area contributed by atoms with E-state index >= 15 is 0 Å². The molecule has 3 rings (SSSR count). The number of ether oxygens (including phenoxy) is 1. The summed E-state index contributed by atoms with van der Waals surface area (Å²) < 4.78 is 4.57. The number of methoxy groups -OCH3 is 1. The molecule has 1 aromatic heterocycles. The van der Waals surface area contributed by atoms with Gasteiger partial charge in [-0.3, -0.25) is 5.32 Å². The van der Waals surface area contributed by atoms with Crippen molar-refractivity contribution >= 4 is 28.6 Å². The number of carbonyl (C=O) groups is 2. The number of amides is 3. The molecule has 0 saturated heterocycles. The topological polar surface area (TPSA) is 83.6 Å². The quantitative estimate of drug-likeness (QED) is 0.878. The second kappa shape index (κ2) is 7.98. The first kappa shape index (κ1) is 17.2. The van der Waals surface area contributed by atoms with Crippen molar-refractivity contribution in [2.45, 2.75) is 19.4 Å². The van der Waals surface area contributed by atoms with Crippen LogP contribution >= 0.6 is 11.3 Å². The highest BCUT2D eigenvalue weighted by molar-refractivity contribution is 7.15. The lowest BCUT2D eigenvalue weighted by molar-refractivity contribution is 0.187. The molecule has 0 aliphatic carbocycles. The SMILES string of the molecule is COC(=O)Nc1nc2c(s1)CN(C(=O)NCCc1ccccc1)CC2. The van der Waals surface area contributed by atoms with Crippen LogP contribution in [0.5, 0.6) is 0 Å². The summed E-state index contributed by atoms with van der Waals surface area (Å²) in [7, 11) is 1.31. The third-order valence-electron chi connectivity index (χ3n) is 3.95. The Morgan fingerprint density at radius 2 is 2.12 bits per heavy atom. The van der Waals surface area contributed by atoms with Crippen molar-refractivity contribution in [2.24, 2.45) is 0 Å². The molecule has 0 unspecified atom stereocenters. The standard InChI is InChI=1S/C17H20N4O3S/c1-24-17(23)20-15-19-13-8-10-21(11-14(13)25-15)16(22)18-9-7-12-5-3-2-4-6-12/h2-6H,7-11H2,1H3,(H,18,22)(H,19,20,23). The van der Waals surface area contributed by atoms with Crippen LogP contribution < -0.4 is 10.6 Å². The largest absolute Gasteiger partial charge is 0.453 e. The molecular weight excluding hydrogens is 340 g/mol. The lowest BCUT2D eigenvalue weighted by atomic mass is 10.1. The summed E-state index contributed by atoms with van der Waals surface area (Å²) in [5.74, 6) is 0. The number of benzene rings is 1. The third-order valence-corrected chi connectivity index (χ3v) is 4.94. The predicted molar refractivity (Wildman–Crippen MR) is 95.8 cm³/mol. The summed E-state index contributed by atoms with van der Waals surface area (Å²) in [6.45, 7) is 1.72. The zero-order chi connectivity index (χ0) is 17.6. The van der Waals surface area contributed by atoms with Crippen LogP contribution in [0, 0.1) is 0 Å². The highest BCUT2D eigenvalue weighted by Crippen LogP contribution is 2.28. The van der Waals surface area contributed by atoms with Crippen molar-refractivity contribution < 1.29 is 14.3 Å². The van der Waals surface area contributed by atoms with E-state index in [2.05, 4.69) is 20.4 Å². The number of anilines is 1. The van der Waals surface area contributed by atoms with E-state index < -0.39 is 6.09 Å². The number of nitrogens with zero attached hydrogens (tertiary/aromatic N) is 2. The Bertz CT molecular complexity index is 748. The van der Waals surface area contributed by atoms with Crippen LogP contribution in [0.1, 0.15) is 16.1 Å². The second-order valence-electron chi connectivity index (χ2n) is 5.64. The van der Waals surface area contributed by atoms with E-state index in [1.54, 1.807) is 4.90 Å². The minimum Gasteiger partial charge on any atom is -0.453 e. The first-order valence-corrected chi connectivity index (χ1v) is 8.87. The zero-order valence-electron chi connectivity index (χ0n) is 13.9. The molecule has 3 amide bonds. The van der Waals surface area contributed by atoms with E-state index in [0.717, 1.165) is 17.0 Å². The summed E-state index contributed by atoms with van der Waals surface area (Å²) >= 11 is 1.38. The number of urea groups is 1. The van der Waals surface area contributed by atoms with Gasteiger partial charge in [0.2, 0.25) is 0 Å². The van der Waals surface area contributed by atoms with E-state index in [9.17, 15) is 9.59 Å². The van der Waals surface area contributed by atoms with Crippen LogP contribution in [0.4, 0.5) is 14.7 Å². The Hall–Kier alpha value is -2.61. The number of fused-ring (bicyclic) bond motifs is 1. The summed E-state index contributed by atoms with van der Waals surface area (Å²) in [6, 6.07) is 9.99. The lowest BCUT2D eigenvalue weighted by Gasteiger charge is -2.26. The average Bonchev–Trinajstić information content (AvgIpc) is 3.03. The van der Waals surface area contributed by atoms with E-state index in [-0.39, 0.29) is 6.03 Å². The third kappa shape index (κ3) is 4.48. The highest BCUT2D eigenvalue weighted by atomic mass is 32.1. The maximum absolute atomic E-state index is 12.3. The van der Waals surface area contributed by atoms with Crippen LogP contribution in [0.2, 0.25) is 0 Å². The maximum atomic E-state index is 12.3. The van der Waals surface area contributed by atoms with Gasteiger partial charge >= 0.3 is 12.1 Å². The summed E-state index contributed by atoms with van der Waals surface area (Å²) in [4.78, 5) is 30.7. The minimum absolute atomic E-state index is 0.0718. The van der Waals surface area contributed by atoms with Crippen LogP contribution in [0.3, 0.4) is 0 Å². The predicted octanol–water partition coefficient (Wildman–Crippen LogP) is 2.63. The van der Waals surface area contributed by atoms with Gasteiger partial charge in [-0.25, -0.2) is 14.6 Å². The van der Waals surface area contributed by atoms with Crippen molar-refractivity contribution in [3.8, 4) is 0 Å². The van der Waals surface area contributed by atoms with Crippen molar-refractivity contribution in [1.29, 1.82) is 0 Å². The molecule has 8 heteroatoms. The Kier molecular flexibility index (Phi) is 5.49. The smallest absolute Gasteiger partial charge is 0.413 e. The zero-order valence-corrected chi connectivity index (χ0v) is 14.8. The Balaban J connectivity index is 1.51. The van der Waals surface area contributed by atoms with Gasteiger partial charge in [0.05, 0.1) is 19.3 Å². The fourth-order valence-electron chi connectivity index (χ4n) is 2.63. The molecule has 0 bridgehead atoms. The van der Waals surface area contributed by atoms with Crippen LogP contribution in [-0.4, -0.2) is 42.2 Å². The van der Waals surface area contributed by atoms with Gasteiger partial charge in [0.15, 0.2) is 5.13 Å². The van der Waals surface area contributed by atoms with Crippen molar-refractivity contribution in [1.82, 2.24) is 15.2 Å². The molecule has 2 aromatic rings. The number of aromatic nitrogens is 1. The van der Waals surface area contributed by atoms with E-state index in [4.69, 9.17) is 0 Å². The molecule has 2 heterocycles. The molecule has 7 nitrogen and oxygen atoms in total. The fourth-order valence-corrected chi connectivity index (χ4v) is 3.64. The van der Waals surface area contributed by atoms with Gasteiger partial charge < -0.3 is 15.0 Å². The second-order valence-corrected chi connectivity index (χ2v) is 6.73. The van der Waals surface area contributed by atoms with E-state index in [1.807, 2.05) is 30.3 Å². The molecule has 1 aliphatic rings. The van der Waals surface area contributed by atoms with Crippen LogP contribution in [0.15, 0.2) is 30.3 Å². The highest BCUT2D eigenvalue weighted by Gasteiger charge is 2.24. The van der Waals surface area contributed by atoms with E-state index in [1.165, 1.54) is 24.0 Å². The van der Waals surface area contributed by atoms with Gasteiger partial charge in [0, 0.05) is 24.4 Å². The molecule has 1 aliphatic heterocycles. The Labute approximate surface area is 150 Å². The molecule has 0 fully saturated rings. The number of hydrogen-bond acceptors (Lipinski definition) is 5. The fraction of sp³-hybridized carbons (Fsp3) is 0.353. The number of carbonyl (C=O) groups excluding carboxylic acids is 2. The molecule has 132 valence electrons. The summed E-state index contributed by atoms with van der Waals surface area (Å²) in [5.41, 5.74) is 2.13. The molecular formula is C17H20N4O3S. The first-order valence-electron chi connectivity index (χ1n) is 8.06. The molecule has 0 saturated carbocycles. The molecule has 0 spiro atoms. The van der Waals surface area contributed by atoms with Gasteiger partial charge in [0.25, 0.3) is 0 Å². The van der Waals surface area contributed by atoms with Crippen LogP contribution in [-0.2, 0) is 24.1 Å². The molecule has 0 atom stereocenters.